The first-order valence-corrected chi connectivity index (χ1v) is 8.97. The number of hydrogen-bond donors (Lipinski definition) is 2. The van der Waals surface area contributed by atoms with Crippen molar-refractivity contribution in [1.82, 2.24) is 4.72 Å². The van der Waals surface area contributed by atoms with E-state index in [0.29, 0.717) is 17.4 Å². The fourth-order valence-electron chi connectivity index (χ4n) is 2.11. The first-order chi connectivity index (χ1) is 9.53. The van der Waals surface area contributed by atoms with Gasteiger partial charge in [0.1, 0.15) is 4.90 Å². The van der Waals surface area contributed by atoms with Gasteiger partial charge in [-0.15, -0.1) is 0 Å². The Morgan fingerprint density at radius 2 is 2.25 bits per heavy atom. The second kappa shape index (κ2) is 6.48. The van der Waals surface area contributed by atoms with Crippen LogP contribution in [0.4, 0.5) is 5.69 Å². The first kappa shape index (κ1) is 15.2. The molecule has 20 heavy (non-hydrogen) atoms. The van der Waals surface area contributed by atoms with Crippen molar-refractivity contribution >= 4 is 27.5 Å². The summed E-state index contributed by atoms with van der Waals surface area (Å²) in [6.45, 7) is 0.423. The molecule has 1 aliphatic rings. The highest BCUT2D eigenvalue weighted by Gasteiger charge is 2.21. The lowest BCUT2D eigenvalue weighted by Crippen LogP contribution is -2.32. The average Bonchev–Trinajstić information content (AvgIpc) is 2.46. The smallest absolute Gasteiger partial charge is 0.242 e. The predicted octanol–water partition coefficient (Wildman–Crippen LogP) is 1.70. The van der Waals surface area contributed by atoms with E-state index in [1.54, 1.807) is 0 Å². The number of anilines is 1. The van der Waals surface area contributed by atoms with Crippen molar-refractivity contribution in [2.24, 2.45) is 0 Å². The van der Waals surface area contributed by atoms with Crippen LogP contribution in [0, 0.1) is 11.3 Å². The van der Waals surface area contributed by atoms with E-state index in [0.717, 1.165) is 18.6 Å². The number of sulfonamides is 1. The Morgan fingerprint density at radius 1 is 1.45 bits per heavy atom. The molecule has 7 heteroatoms. The number of rotatable bonds is 4. The lowest BCUT2D eigenvalue weighted by molar-refractivity contribution is 0.574. The number of nitriles is 1. The molecule has 1 aliphatic heterocycles. The number of nitrogens with zero attached hydrogens (tertiary/aromatic N) is 1. The summed E-state index contributed by atoms with van der Waals surface area (Å²) in [5, 5.41) is 9.09. The van der Waals surface area contributed by atoms with E-state index in [4.69, 9.17) is 11.0 Å². The summed E-state index contributed by atoms with van der Waals surface area (Å²) in [7, 11) is -3.61. The molecule has 0 aromatic heterocycles. The summed E-state index contributed by atoms with van der Waals surface area (Å²) in [5.74, 6) is 1.09. The molecule has 1 aromatic carbocycles. The van der Waals surface area contributed by atoms with E-state index in [-0.39, 0.29) is 10.6 Å². The highest BCUT2D eigenvalue weighted by molar-refractivity contribution is 8.00. The zero-order chi connectivity index (χ0) is 14.6. The molecule has 1 saturated heterocycles. The van der Waals surface area contributed by atoms with Crippen LogP contribution in [0.15, 0.2) is 23.1 Å². The molecular formula is C13H17N3O2S2. The third kappa shape index (κ3) is 3.66. The topological polar surface area (TPSA) is 96.0 Å². The van der Waals surface area contributed by atoms with Crippen molar-refractivity contribution in [3.8, 4) is 6.07 Å². The lowest BCUT2D eigenvalue weighted by Gasteiger charge is -2.21. The van der Waals surface area contributed by atoms with Gasteiger partial charge in [0.15, 0.2) is 0 Å². The molecule has 0 spiro atoms. The van der Waals surface area contributed by atoms with Gasteiger partial charge >= 0.3 is 0 Å². The standard InChI is InChI=1S/C13H17N3O2S2/c14-8-10-4-5-13(12(15)7-10)20(17,18)16-9-11-3-1-2-6-19-11/h4-5,7,11,16H,1-3,6,9,15H2. The maximum absolute atomic E-state index is 12.2. The van der Waals surface area contributed by atoms with Crippen LogP contribution in [0.1, 0.15) is 24.8 Å². The molecule has 0 aliphatic carbocycles. The zero-order valence-electron chi connectivity index (χ0n) is 11.0. The van der Waals surface area contributed by atoms with Crippen molar-refractivity contribution in [2.75, 3.05) is 18.0 Å². The number of nitrogens with one attached hydrogen (secondary N) is 1. The van der Waals surface area contributed by atoms with Crippen LogP contribution in [-0.2, 0) is 10.0 Å². The Kier molecular flexibility index (Phi) is 4.91. The summed E-state index contributed by atoms with van der Waals surface area (Å²) < 4.78 is 27.0. The molecule has 0 bridgehead atoms. The van der Waals surface area contributed by atoms with Crippen molar-refractivity contribution in [3.05, 3.63) is 23.8 Å². The van der Waals surface area contributed by atoms with Crippen molar-refractivity contribution in [2.45, 2.75) is 29.4 Å². The molecule has 1 fully saturated rings. The molecule has 3 N–H and O–H groups in total. The molecule has 108 valence electrons. The molecule has 2 rings (SSSR count). The molecule has 5 nitrogen and oxygen atoms in total. The van der Waals surface area contributed by atoms with Crippen LogP contribution in [0.2, 0.25) is 0 Å². The number of nitrogen functional groups attached to an aromatic ring is 1. The van der Waals surface area contributed by atoms with E-state index in [9.17, 15) is 8.42 Å². The summed E-state index contributed by atoms with van der Waals surface area (Å²) in [6, 6.07) is 6.15. The monoisotopic (exact) mass is 311 g/mol. The van der Waals surface area contributed by atoms with Gasteiger partial charge in [0, 0.05) is 11.8 Å². The SMILES string of the molecule is N#Cc1ccc(S(=O)(=O)NCC2CCCCS2)c(N)c1. The largest absolute Gasteiger partial charge is 0.398 e. The highest BCUT2D eigenvalue weighted by atomic mass is 32.2. The van der Waals surface area contributed by atoms with E-state index >= 15 is 0 Å². The number of hydrogen-bond acceptors (Lipinski definition) is 5. The molecule has 1 heterocycles. The number of benzene rings is 1. The first-order valence-electron chi connectivity index (χ1n) is 6.44. The minimum Gasteiger partial charge on any atom is -0.398 e. The van der Waals surface area contributed by atoms with Gasteiger partial charge in [0.2, 0.25) is 10.0 Å². The Balaban J connectivity index is 2.08. The summed E-state index contributed by atoms with van der Waals surface area (Å²) in [4.78, 5) is 0.0392. The Bertz CT molecular complexity index is 617. The van der Waals surface area contributed by atoms with E-state index < -0.39 is 10.0 Å². The fourth-order valence-corrected chi connectivity index (χ4v) is 4.65. The molecule has 1 unspecified atom stereocenters. The Hall–Kier alpha value is -1.23. The summed E-state index contributed by atoms with van der Waals surface area (Å²) in [6.07, 6.45) is 3.39. The normalized spacial score (nSPS) is 19.4. The third-order valence-corrected chi connectivity index (χ3v) is 6.10. The Morgan fingerprint density at radius 3 is 2.85 bits per heavy atom. The second-order valence-corrected chi connectivity index (χ2v) is 7.85. The minimum atomic E-state index is -3.61. The van der Waals surface area contributed by atoms with Gasteiger partial charge in [-0.2, -0.15) is 17.0 Å². The van der Waals surface area contributed by atoms with Gasteiger partial charge < -0.3 is 5.73 Å². The predicted molar refractivity (Wildman–Crippen MR) is 80.9 cm³/mol. The van der Waals surface area contributed by atoms with Gasteiger partial charge in [0.05, 0.1) is 17.3 Å². The second-order valence-electron chi connectivity index (χ2n) is 4.70. The maximum atomic E-state index is 12.2. The van der Waals surface area contributed by atoms with Crippen molar-refractivity contribution < 1.29 is 8.42 Å². The van der Waals surface area contributed by atoms with Crippen LogP contribution >= 0.6 is 11.8 Å². The van der Waals surface area contributed by atoms with Gasteiger partial charge in [-0.1, -0.05) is 6.42 Å². The van der Waals surface area contributed by atoms with Crippen molar-refractivity contribution in [1.29, 1.82) is 5.26 Å². The van der Waals surface area contributed by atoms with Crippen LogP contribution in [-0.4, -0.2) is 26.0 Å². The lowest BCUT2D eigenvalue weighted by atomic mass is 10.2. The quantitative estimate of drug-likeness (QED) is 0.825. The van der Waals surface area contributed by atoms with Gasteiger partial charge in [0.25, 0.3) is 0 Å². The molecule has 1 atom stereocenters. The van der Waals surface area contributed by atoms with Gasteiger partial charge in [-0.25, -0.2) is 13.1 Å². The summed E-state index contributed by atoms with van der Waals surface area (Å²) in [5.41, 5.74) is 6.17. The number of nitrogens with two attached hydrogens (primary N) is 1. The third-order valence-electron chi connectivity index (χ3n) is 3.20. The molecule has 0 amide bonds. The number of thioether (sulfide) groups is 1. The highest BCUT2D eigenvalue weighted by Crippen LogP contribution is 2.25. The van der Waals surface area contributed by atoms with Crippen LogP contribution in [0.3, 0.4) is 0 Å². The minimum absolute atomic E-state index is 0.0392. The summed E-state index contributed by atoms with van der Waals surface area (Å²) >= 11 is 1.81. The molecule has 0 radical (unpaired) electrons. The van der Waals surface area contributed by atoms with Gasteiger partial charge in [-0.05, 0) is 36.8 Å². The average molecular weight is 311 g/mol. The van der Waals surface area contributed by atoms with Crippen molar-refractivity contribution in [3.63, 3.8) is 0 Å². The molecular weight excluding hydrogens is 294 g/mol. The van der Waals surface area contributed by atoms with Gasteiger partial charge in [-0.3, -0.25) is 0 Å². The van der Waals surface area contributed by atoms with E-state index in [2.05, 4.69) is 4.72 Å². The molecule has 0 saturated carbocycles. The molecule has 1 aromatic rings. The van der Waals surface area contributed by atoms with Crippen LogP contribution < -0.4 is 10.5 Å². The zero-order valence-corrected chi connectivity index (χ0v) is 12.6. The van der Waals surface area contributed by atoms with Crippen LogP contribution in [0.5, 0.6) is 0 Å². The maximum Gasteiger partial charge on any atom is 0.242 e. The van der Waals surface area contributed by atoms with Crippen LogP contribution in [0.25, 0.3) is 0 Å². The Labute approximate surface area is 123 Å². The van der Waals surface area contributed by atoms with E-state index in [1.807, 2.05) is 17.8 Å². The van der Waals surface area contributed by atoms with E-state index in [1.165, 1.54) is 24.6 Å². The fraction of sp³-hybridized carbons (Fsp3) is 0.462.